The lowest BCUT2D eigenvalue weighted by Gasteiger charge is -2.02. The first kappa shape index (κ1) is 33.4. The first-order chi connectivity index (χ1) is 23.9. The van der Waals surface area contributed by atoms with Crippen molar-refractivity contribution >= 4 is 54.5 Å². The summed E-state index contributed by atoms with van der Waals surface area (Å²) < 4.78 is 7.46. The zero-order chi connectivity index (χ0) is 35.7. The van der Waals surface area contributed by atoms with Gasteiger partial charge in [0.05, 0.1) is 0 Å². The lowest BCUT2D eigenvalue weighted by molar-refractivity contribution is 0.908. The van der Waals surface area contributed by atoms with Crippen LogP contribution in [0.4, 0.5) is 0 Å². The maximum Gasteiger partial charge on any atom is 0.258 e. The van der Waals surface area contributed by atoms with E-state index in [1.54, 1.807) is 157 Å². The van der Waals surface area contributed by atoms with Crippen LogP contribution in [0, 0.1) is 0 Å². The second kappa shape index (κ2) is 13.5. The molecular formula is C40H35N5O5. The minimum atomic E-state index is -0.258. The van der Waals surface area contributed by atoms with Crippen molar-refractivity contribution in [3.05, 3.63) is 173 Å². The fraction of sp³-hybridized carbons (Fsp3) is 0.125. The van der Waals surface area contributed by atoms with Crippen LogP contribution >= 0.6 is 0 Å². The molecule has 11 aromatic rings. The third kappa shape index (κ3) is 6.34. The van der Waals surface area contributed by atoms with Crippen LogP contribution < -0.4 is 27.8 Å². The molecule has 10 nitrogen and oxygen atoms in total. The lowest BCUT2D eigenvalue weighted by Crippen LogP contribution is -2.17. The van der Waals surface area contributed by atoms with Crippen LogP contribution in [0.15, 0.2) is 145 Å². The Labute approximate surface area is 285 Å². The Balaban J connectivity index is 1.65. The summed E-state index contributed by atoms with van der Waals surface area (Å²) in [5.41, 5.74) is 1.71. The summed E-state index contributed by atoms with van der Waals surface area (Å²) in [7, 11) is 8.27. The molecule has 11 rings (SSSR count). The van der Waals surface area contributed by atoms with Crippen LogP contribution in [0.5, 0.6) is 0 Å². The second-order valence-corrected chi connectivity index (χ2v) is 12.1. The van der Waals surface area contributed by atoms with Gasteiger partial charge in [-0.05, 0) is 121 Å². The smallest absolute Gasteiger partial charge is 0.258 e. The molecule has 6 aromatic heterocycles. The normalized spacial score (nSPS) is 10.9. The van der Waals surface area contributed by atoms with Crippen molar-refractivity contribution in [2.24, 2.45) is 35.2 Å². The van der Waals surface area contributed by atoms with Crippen molar-refractivity contribution < 1.29 is 0 Å². The van der Waals surface area contributed by atoms with Crippen molar-refractivity contribution in [2.45, 2.75) is 0 Å². The molecule has 0 fully saturated rings. The van der Waals surface area contributed by atoms with E-state index in [9.17, 15) is 24.0 Å². The van der Waals surface area contributed by atoms with Gasteiger partial charge in [-0.3, -0.25) is 24.0 Å². The molecule has 0 amide bonds. The van der Waals surface area contributed by atoms with E-state index in [4.69, 9.17) is 0 Å². The van der Waals surface area contributed by atoms with E-state index in [-0.39, 0.29) is 27.8 Å². The summed E-state index contributed by atoms with van der Waals surface area (Å²) in [6, 6.07) is 33.7. The molecule has 50 heavy (non-hydrogen) atoms. The quantitative estimate of drug-likeness (QED) is 0.230. The van der Waals surface area contributed by atoms with E-state index in [1.807, 2.05) is 0 Å². The van der Waals surface area contributed by atoms with Crippen LogP contribution in [0.1, 0.15) is 0 Å². The molecule has 10 bridgehead atoms. The fourth-order valence-corrected chi connectivity index (χ4v) is 5.69. The minimum Gasteiger partial charge on any atom is -0.311 e. The summed E-state index contributed by atoms with van der Waals surface area (Å²) in [4.78, 5) is 66.7. The highest BCUT2D eigenvalue weighted by Gasteiger charge is 2.02. The maximum atomic E-state index is 13.3. The number of nitrogens with zero attached hydrogens (tertiary/aromatic N) is 5. The van der Waals surface area contributed by atoms with Gasteiger partial charge in [-0.2, -0.15) is 0 Å². The van der Waals surface area contributed by atoms with Gasteiger partial charge < -0.3 is 22.8 Å². The van der Waals surface area contributed by atoms with E-state index >= 15 is 0 Å². The Morgan fingerprint density at radius 2 is 0.360 bits per heavy atom. The molecule has 0 saturated carbocycles. The third-order valence-corrected chi connectivity index (χ3v) is 9.03. The zero-order valence-electron chi connectivity index (χ0n) is 28.3. The minimum absolute atomic E-state index is 0.258. The van der Waals surface area contributed by atoms with Crippen molar-refractivity contribution in [3.8, 4) is 0 Å². The highest BCUT2D eigenvalue weighted by atomic mass is 16.1. The molecule has 10 heteroatoms. The van der Waals surface area contributed by atoms with E-state index in [1.165, 1.54) is 22.8 Å². The summed E-state index contributed by atoms with van der Waals surface area (Å²) in [6.45, 7) is 0. The predicted octanol–water partition coefficient (Wildman–Crippen LogP) is 4.88. The van der Waals surface area contributed by atoms with Gasteiger partial charge in [-0.1, -0.05) is 0 Å². The van der Waals surface area contributed by atoms with Gasteiger partial charge >= 0.3 is 0 Å². The molecule has 5 aromatic carbocycles. The monoisotopic (exact) mass is 665 g/mol. The second-order valence-electron chi connectivity index (χ2n) is 12.1. The van der Waals surface area contributed by atoms with E-state index in [0.717, 1.165) is 0 Å². The number of hydrogen-bond acceptors (Lipinski definition) is 5. The average Bonchev–Trinajstić information content (AvgIpc) is 3.18. The summed E-state index contributed by atoms with van der Waals surface area (Å²) in [5, 5.41) is 2.14. The summed E-state index contributed by atoms with van der Waals surface area (Å²) >= 11 is 0. The molecule has 6 heterocycles. The molecular weight excluding hydrogens is 630 g/mol. The van der Waals surface area contributed by atoms with Gasteiger partial charge in [0, 0.05) is 89.8 Å². The first-order valence-electron chi connectivity index (χ1n) is 15.8. The van der Waals surface area contributed by atoms with Crippen LogP contribution in [0.25, 0.3) is 54.5 Å². The van der Waals surface area contributed by atoms with Crippen molar-refractivity contribution in [3.63, 3.8) is 0 Å². The molecule has 0 aliphatic rings. The van der Waals surface area contributed by atoms with E-state index < -0.39 is 0 Å². The Hall–Kier alpha value is -6.55. The fourth-order valence-electron chi connectivity index (χ4n) is 5.69. The topological polar surface area (TPSA) is 110 Å². The largest absolute Gasteiger partial charge is 0.311 e. The molecule has 0 atom stereocenters. The van der Waals surface area contributed by atoms with E-state index in [2.05, 4.69) is 0 Å². The van der Waals surface area contributed by atoms with Crippen molar-refractivity contribution in [1.29, 1.82) is 0 Å². The number of aromatic nitrogens is 5. The van der Waals surface area contributed by atoms with Gasteiger partial charge in [-0.25, -0.2) is 0 Å². The highest BCUT2D eigenvalue weighted by Crippen LogP contribution is 2.08. The Morgan fingerprint density at radius 3 is 0.480 bits per heavy atom. The summed E-state index contributed by atoms with van der Waals surface area (Å²) in [5.74, 6) is 0. The van der Waals surface area contributed by atoms with Crippen molar-refractivity contribution in [2.75, 3.05) is 0 Å². The number of rotatable bonds is 0. The van der Waals surface area contributed by atoms with Gasteiger partial charge in [-0.15, -0.1) is 0 Å². The molecule has 0 spiro atoms. The van der Waals surface area contributed by atoms with Crippen LogP contribution in [-0.4, -0.2) is 22.8 Å². The number of aryl methyl sites for hydroxylation is 5. The molecule has 0 unspecified atom stereocenters. The maximum absolute atomic E-state index is 13.3. The molecule has 250 valence electrons. The first-order valence-corrected chi connectivity index (χ1v) is 15.8. The standard InChI is InChI=1S/C40H35N5O5/c1-41-31-16-6-27(7-17-31)37(47)43(3)33-20-10-29(11-21-33)39(49)45(5)35-24-14-30(15-25-35)40(50)44(4)34-22-12-28(13-23-34)38(48)42(2)32-18-8-26(9-19-32)36(41)46/h6-25H,1-5H3. The van der Waals surface area contributed by atoms with Gasteiger partial charge in [0.1, 0.15) is 0 Å². The number of fused-ring (bicyclic) bond motifs is 5. The van der Waals surface area contributed by atoms with E-state index in [0.29, 0.717) is 54.5 Å². The van der Waals surface area contributed by atoms with Gasteiger partial charge in [0.25, 0.3) is 27.8 Å². The van der Waals surface area contributed by atoms with Crippen molar-refractivity contribution in [1.82, 2.24) is 22.8 Å². The number of benzene rings is 5. The summed E-state index contributed by atoms with van der Waals surface area (Å²) in [6.07, 6.45) is 0. The van der Waals surface area contributed by atoms with Crippen LogP contribution in [-0.2, 0) is 35.2 Å². The van der Waals surface area contributed by atoms with Crippen LogP contribution in [0.2, 0.25) is 0 Å². The molecule has 0 radical (unpaired) electrons. The highest BCUT2D eigenvalue weighted by molar-refractivity contribution is 5.66. The Morgan fingerprint density at radius 1 is 0.240 bits per heavy atom. The Bertz CT molecular complexity index is 2380. The third-order valence-electron chi connectivity index (χ3n) is 9.03. The predicted molar refractivity (Wildman–Crippen MR) is 202 cm³/mol. The lowest BCUT2D eigenvalue weighted by atomic mass is 10.2. The van der Waals surface area contributed by atoms with Crippen LogP contribution in [0.3, 0.4) is 0 Å². The Kier molecular flexibility index (Phi) is 9.02. The zero-order valence-corrected chi connectivity index (χ0v) is 28.3. The van der Waals surface area contributed by atoms with Gasteiger partial charge in [0.2, 0.25) is 0 Å². The molecule has 0 N–H and O–H groups in total. The molecule has 0 aliphatic heterocycles. The SMILES string of the molecule is Cn1c(=O)c2ccc(cc2)n(C)c(=O)c2ccc(cc2)n(C)c(=O)c2ccc(cc2)n(C)c(=O)c2ccc(cc2)n(C)c(=O)c2ccc1cc2. The molecule has 0 saturated heterocycles. The number of hydrogen-bond donors (Lipinski definition) is 0. The van der Waals surface area contributed by atoms with Gasteiger partial charge in [0.15, 0.2) is 0 Å². The molecule has 0 aliphatic carbocycles. The average molecular weight is 666 g/mol.